The van der Waals surface area contributed by atoms with Crippen molar-refractivity contribution in [2.45, 2.75) is 0 Å². The Labute approximate surface area is 60.2 Å². The quantitative estimate of drug-likeness (QED) is 0.537. The van der Waals surface area contributed by atoms with Crippen molar-refractivity contribution in [1.29, 1.82) is 0 Å². The average molecular weight is 144 g/mol. The zero-order valence-electron chi connectivity index (χ0n) is 4.70. The fourth-order valence-corrected chi connectivity index (χ4v) is 0.464. The number of benzene rings is 1. The van der Waals surface area contributed by atoms with E-state index in [1.807, 2.05) is 0 Å². The molecular formula is C6H8O2S. The molecule has 0 saturated carbocycles. The molecule has 1 aromatic rings. The van der Waals surface area contributed by atoms with E-state index in [9.17, 15) is 0 Å². The van der Waals surface area contributed by atoms with E-state index >= 15 is 0 Å². The van der Waals surface area contributed by atoms with Crippen molar-refractivity contribution in [2.75, 3.05) is 0 Å². The molecule has 0 aliphatic carbocycles. The second-order valence-electron chi connectivity index (χ2n) is 1.49. The third-order valence-corrected chi connectivity index (χ3v) is 0.882. The minimum Gasteiger partial charge on any atom is -0.504 e. The molecule has 3 heteroatoms. The van der Waals surface area contributed by atoms with Crippen LogP contribution in [0.1, 0.15) is 0 Å². The summed E-state index contributed by atoms with van der Waals surface area (Å²) >= 11 is 0. The van der Waals surface area contributed by atoms with Crippen LogP contribution in [0.25, 0.3) is 0 Å². The Hall–Kier alpha value is -0.830. The lowest BCUT2D eigenvalue weighted by Gasteiger charge is -1.91. The Morgan fingerprint density at radius 1 is 0.889 bits per heavy atom. The van der Waals surface area contributed by atoms with E-state index in [4.69, 9.17) is 10.2 Å². The molecule has 0 amide bonds. The van der Waals surface area contributed by atoms with Crippen molar-refractivity contribution in [3.05, 3.63) is 24.3 Å². The zero-order chi connectivity index (χ0) is 5.98. The Balaban J connectivity index is 0.000000640. The first kappa shape index (κ1) is 8.17. The molecule has 0 aliphatic rings. The number of hydrogen-bond acceptors (Lipinski definition) is 2. The molecule has 0 spiro atoms. The van der Waals surface area contributed by atoms with Crippen LogP contribution >= 0.6 is 13.5 Å². The van der Waals surface area contributed by atoms with Crippen molar-refractivity contribution in [3.8, 4) is 11.5 Å². The molecule has 1 aromatic carbocycles. The van der Waals surface area contributed by atoms with Crippen LogP contribution < -0.4 is 0 Å². The number of aromatic hydroxyl groups is 2. The standard InChI is InChI=1S/C6H6O2.H2S/c7-5-3-1-2-4-6(5)8;/h1-4,7-8H;1H2. The fraction of sp³-hybridized carbons (Fsp3) is 0. The highest BCUT2D eigenvalue weighted by molar-refractivity contribution is 7.59. The maximum absolute atomic E-state index is 8.67. The molecule has 1 rings (SSSR count). The zero-order valence-corrected chi connectivity index (χ0v) is 5.70. The molecule has 0 bridgehead atoms. The fourth-order valence-electron chi connectivity index (χ4n) is 0.464. The van der Waals surface area contributed by atoms with E-state index in [0.29, 0.717) is 0 Å². The first-order chi connectivity index (χ1) is 3.80. The van der Waals surface area contributed by atoms with Crippen molar-refractivity contribution in [3.63, 3.8) is 0 Å². The minimum absolute atomic E-state index is 0. The van der Waals surface area contributed by atoms with Gasteiger partial charge in [-0.2, -0.15) is 13.5 Å². The summed E-state index contributed by atoms with van der Waals surface area (Å²) in [5.74, 6) is -0.153. The lowest BCUT2D eigenvalue weighted by atomic mass is 10.3. The lowest BCUT2D eigenvalue weighted by molar-refractivity contribution is 0.404. The highest BCUT2D eigenvalue weighted by Gasteiger charge is 1.90. The van der Waals surface area contributed by atoms with Crippen molar-refractivity contribution >= 4 is 13.5 Å². The highest BCUT2D eigenvalue weighted by atomic mass is 32.1. The van der Waals surface area contributed by atoms with Crippen LogP contribution in [0.2, 0.25) is 0 Å². The highest BCUT2D eigenvalue weighted by Crippen LogP contribution is 2.21. The summed E-state index contributed by atoms with van der Waals surface area (Å²) in [5.41, 5.74) is 0. The molecule has 2 N–H and O–H groups in total. The monoisotopic (exact) mass is 144 g/mol. The van der Waals surface area contributed by atoms with Gasteiger partial charge in [0.15, 0.2) is 11.5 Å². The molecule has 0 radical (unpaired) electrons. The van der Waals surface area contributed by atoms with Gasteiger partial charge in [-0.1, -0.05) is 12.1 Å². The van der Waals surface area contributed by atoms with Gasteiger partial charge in [0.1, 0.15) is 0 Å². The van der Waals surface area contributed by atoms with E-state index in [1.165, 1.54) is 12.1 Å². The molecule has 0 atom stereocenters. The molecule has 9 heavy (non-hydrogen) atoms. The molecule has 50 valence electrons. The summed E-state index contributed by atoms with van der Waals surface area (Å²) in [6.07, 6.45) is 0. The second-order valence-corrected chi connectivity index (χ2v) is 1.49. The van der Waals surface area contributed by atoms with E-state index < -0.39 is 0 Å². The van der Waals surface area contributed by atoms with Crippen LogP contribution in [0, 0.1) is 0 Å². The van der Waals surface area contributed by atoms with Crippen LogP contribution in [-0.2, 0) is 0 Å². The minimum atomic E-state index is -0.0764. The predicted octanol–water partition coefficient (Wildman–Crippen LogP) is 1.21. The van der Waals surface area contributed by atoms with Gasteiger partial charge < -0.3 is 10.2 Å². The van der Waals surface area contributed by atoms with Gasteiger partial charge in [-0.25, -0.2) is 0 Å². The summed E-state index contributed by atoms with van der Waals surface area (Å²) in [6.45, 7) is 0. The van der Waals surface area contributed by atoms with Gasteiger partial charge in [0, 0.05) is 0 Å². The number of para-hydroxylation sites is 2. The topological polar surface area (TPSA) is 40.5 Å². The first-order valence-corrected chi connectivity index (χ1v) is 2.27. The van der Waals surface area contributed by atoms with Crippen molar-refractivity contribution in [1.82, 2.24) is 0 Å². The molecular weight excluding hydrogens is 136 g/mol. The van der Waals surface area contributed by atoms with Crippen LogP contribution in [0.4, 0.5) is 0 Å². The van der Waals surface area contributed by atoms with Gasteiger partial charge in [-0.05, 0) is 12.1 Å². The van der Waals surface area contributed by atoms with Crippen molar-refractivity contribution in [2.24, 2.45) is 0 Å². The van der Waals surface area contributed by atoms with E-state index in [2.05, 4.69) is 0 Å². The maximum Gasteiger partial charge on any atom is 0.157 e. The Kier molecular flexibility index (Phi) is 2.95. The molecule has 0 heterocycles. The van der Waals surface area contributed by atoms with Gasteiger partial charge in [0.25, 0.3) is 0 Å². The van der Waals surface area contributed by atoms with Gasteiger partial charge in [-0.15, -0.1) is 0 Å². The Morgan fingerprint density at radius 3 is 1.44 bits per heavy atom. The number of phenolic OH excluding ortho intramolecular Hbond substituents is 2. The lowest BCUT2D eigenvalue weighted by Crippen LogP contribution is -1.63. The Morgan fingerprint density at radius 2 is 1.22 bits per heavy atom. The van der Waals surface area contributed by atoms with Crippen molar-refractivity contribution < 1.29 is 10.2 Å². The van der Waals surface area contributed by atoms with Crippen LogP contribution in [0.15, 0.2) is 24.3 Å². The maximum atomic E-state index is 8.67. The normalized spacial score (nSPS) is 8.00. The smallest absolute Gasteiger partial charge is 0.157 e. The Bertz CT molecular complexity index is 167. The van der Waals surface area contributed by atoms with Gasteiger partial charge in [-0.3, -0.25) is 0 Å². The predicted molar refractivity (Wildman–Crippen MR) is 40.2 cm³/mol. The SMILES string of the molecule is Oc1ccccc1O.S. The summed E-state index contributed by atoms with van der Waals surface area (Å²) in [5, 5.41) is 17.3. The number of phenols is 2. The summed E-state index contributed by atoms with van der Waals surface area (Å²) in [6, 6.07) is 6.15. The van der Waals surface area contributed by atoms with E-state index in [-0.39, 0.29) is 25.0 Å². The summed E-state index contributed by atoms with van der Waals surface area (Å²) < 4.78 is 0. The third kappa shape index (κ3) is 1.85. The van der Waals surface area contributed by atoms with Gasteiger partial charge >= 0.3 is 0 Å². The largest absolute Gasteiger partial charge is 0.504 e. The molecule has 0 saturated heterocycles. The van der Waals surface area contributed by atoms with Crippen LogP contribution in [-0.4, -0.2) is 10.2 Å². The molecule has 0 unspecified atom stereocenters. The number of rotatable bonds is 0. The van der Waals surface area contributed by atoms with Crippen LogP contribution in [0.3, 0.4) is 0 Å². The average Bonchev–Trinajstić information content (AvgIpc) is 1.77. The molecule has 0 fully saturated rings. The van der Waals surface area contributed by atoms with E-state index in [1.54, 1.807) is 12.1 Å². The number of hydrogen-bond donors (Lipinski definition) is 2. The molecule has 2 nitrogen and oxygen atoms in total. The molecule has 0 aliphatic heterocycles. The van der Waals surface area contributed by atoms with Gasteiger partial charge in [0.2, 0.25) is 0 Å². The van der Waals surface area contributed by atoms with E-state index in [0.717, 1.165) is 0 Å². The third-order valence-electron chi connectivity index (χ3n) is 0.882. The molecule has 0 aromatic heterocycles. The van der Waals surface area contributed by atoms with Gasteiger partial charge in [0.05, 0.1) is 0 Å². The first-order valence-electron chi connectivity index (χ1n) is 2.27. The summed E-state index contributed by atoms with van der Waals surface area (Å²) in [7, 11) is 0. The van der Waals surface area contributed by atoms with Crippen LogP contribution in [0.5, 0.6) is 11.5 Å². The summed E-state index contributed by atoms with van der Waals surface area (Å²) in [4.78, 5) is 0. The second kappa shape index (κ2) is 3.25.